The summed E-state index contributed by atoms with van der Waals surface area (Å²) in [4.78, 5) is 16.9. The number of rotatable bonds is 6. The van der Waals surface area contributed by atoms with Gasteiger partial charge in [0.1, 0.15) is 23.4 Å². The maximum atomic E-state index is 15.4. The summed E-state index contributed by atoms with van der Waals surface area (Å²) in [6.07, 6.45) is -0.368. The number of aryl methyl sites for hydroxylation is 1. The van der Waals surface area contributed by atoms with Gasteiger partial charge in [-0.25, -0.2) is 17.7 Å². The van der Waals surface area contributed by atoms with Gasteiger partial charge in [-0.3, -0.25) is 4.79 Å². The Morgan fingerprint density at radius 3 is 2.62 bits per heavy atom. The van der Waals surface area contributed by atoms with Gasteiger partial charge < -0.3 is 16.2 Å². The van der Waals surface area contributed by atoms with E-state index in [-0.39, 0.29) is 22.6 Å². The molecule has 2 aromatic carbocycles. The minimum atomic E-state index is -1.99. The van der Waals surface area contributed by atoms with E-state index >= 15 is 4.39 Å². The minimum Gasteiger partial charge on any atom is -0.382 e. The van der Waals surface area contributed by atoms with Gasteiger partial charge in [-0.2, -0.15) is 4.98 Å². The van der Waals surface area contributed by atoms with E-state index in [4.69, 9.17) is 5.73 Å². The molecule has 0 saturated heterocycles. The van der Waals surface area contributed by atoms with Crippen LogP contribution in [-0.4, -0.2) is 38.3 Å². The Morgan fingerprint density at radius 2 is 1.91 bits per heavy atom. The first kappa shape index (κ1) is 23.2. The third kappa shape index (κ3) is 4.32. The lowest BCUT2D eigenvalue weighted by Gasteiger charge is -2.28. The fraction of sp³-hybridized carbons (Fsp3) is 0.208. The van der Waals surface area contributed by atoms with Crippen LogP contribution in [0.3, 0.4) is 0 Å². The number of fused-ring (bicyclic) bond motifs is 1. The predicted molar refractivity (Wildman–Crippen MR) is 121 cm³/mol. The van der Waals surface area contributed by atoms with Gasteiger partial charge in [-0.15, -0.1) is 5.10 Å². The highest BCUT2D eigenvalue weighted by molar-refractivity contribution is 5.97. The number of nitrogens with zero attached hydrogens (tertiary/aromatic N) is 3. The molecule has 0 radical (unpaired) electrons. The number of carbonyl (C=O) groups excluding carboxylic acids is 1. The molecule has 0 spiro atoms. The Labute approximate surface area is 193 Å². The lowest BCUT2D eigenvalue weighted by Crippen LogP contribution is -2.42. The van der Waals surface area contributed by atoms with Crippen molar-refractivity contribution in [2.24, 2.45) is 0 Å². The number of carbonyl (C=O) groups is 1. The van der Waals surface area contributed by atoms with Crippen LogP contribution in [0.25, 0.3) is 16.8 Å². The molecule has 4 aromatic rings. The standard InChI is InChI=1S/C24H22F3N5O2/c1-13-3-8-17(14-9-10-32-19(11-14)30-23(28)31-32)21(27)20(13)22(33)29-12-18(26)24(2,34)15-4-6-16(25)7-5-15/h3-11,18,34H,12H2,1-2H3,(H2,28,31)(H,29,33)/t18-,24+/m1/s1. The Balaban J connectivity index is 1.56. The van der Waals surface area contributed by atoms with E-state index in [0.29, 0.717) is 16.8 Å². The summed E-state index contributed by atoms with van der Waals surface area (Å²) in [6, 6.07) is 11.0. The average Bonchev–Trinajstić information content (AvgIpc) is 3.17. The Kier molecular flexibility index (Phi) is 6.01. The van der Waals surface area contributed by atoms with Crippen LogP contribution in [0, 0.1) is 18.6 Å². The summed E-state index contributed by atoms with van der Waals surface area (Å²) in [5.41, 5.74) is 4.86. The number of nitrogen functional groups attached to an aromatic ring is 1. The molecule has 0 aliphatic heterocycles. The van der Waals surface area contributed by atoms with Crippen LogP contribution in [0.5, 0.6) is 0 Å². The van der Waals surface area contributed by atoms with Crippen molar-refractivity contribution in [3.05, 3.63) is 83.1 Å². The number of anilines is 1. The molecule has 0 aliphatic carbocycles. The molecular weight excluding hydrogens is 447 g/mol. The molecule has 0 aliphatic rings. The lowest BCUT2D eigenvalue weighted by atomic mass is 9.91. The van der Waals surface area contributed by atoms with Crippen LogP contribution in [-0.2, 0) is 5.60 Å². The van der Waals surface area contributed by atoms with Crippen molar-refractivity contribution in [1.82, 2.24) is 19.9 Å². The summed E-state index contributed by atoms with van der Waals surface area (Å²) >= 11 is 0. The first-order valence-corrected chi connectivity index (χ1v) is 10.4. The predicted octanol–water partition coefficient (Wildman–Crippen LogP) is 3.54. The van der Waals surface area contributed by atoms with Crippen molar-refractivity contribution in [3.8, 4) is 11.1 Å². The molecule has 2 atom stereocenters. The van der Waals surface area contributed by atoms with Gasteiger partial charge in [0.05, 0.1) is 12.1 Å². The number of alkyl halides is 1. The SMILES string of the molecule is Cc1ccc(-c2ccn3nc(N)nc3c2)c(F)c1C(=O)NC[C@@H](F)[C@@](C)(O)c1ccc(F)cc1. The van der Waals surface area contributed by atoms with E-state index in [1.54, 1.807) is 31.3 Å². The third-order valence-electron chi connectivity index (χ3n) is 5.72. The first-order valence-electron chi connectivity index (χ1n) is 10.4. The minimum absolute atomic E-state index is 0.0684. The van der Waals surface area contributed by atoms with Crippen molar-refractivity contribution in [1.29, 1.82) is 0 Å². The second-order valence-electron chi connectivity index (χ2n) is 8.14. The van der Waals surface area contributed by atoms with Gasteiger partial charge >= 0.3 is 0 Å². The van der Waals surface area contributed by atoms with Crippen LogP contribution in [0.4, 0.5) is 19.1 Å². The molecule has 10 heteroatoms. The van der Waals surface area contributed by atoms with Gasteiger partial charge in [0, 0.05) is 11.8 Å². The van der Waals surface area contributed by atoms with Crippen molar-refractivity contribution in [3.63, 3.8) is 0 Å². The third-order valence-corrected chi connectivity index (χ3v) is 5.72. The molecule has 0 saturated carbocycles. The largest absolute Gasteiger partial charge is 0.382 e. The number of halogens is 3. The van der Waals surface area contributed by atoms with E-state index < -0.39 is 35.9 Å². The van der Waals surface area contributed by atoms with Crippen molar-refractivity contribution in [2.75, 3.05) is 12.3 Å². The zero-order chi connectivity index (χ0) is 24.6. The normalized spacial score (nSPS) is 14.1. The van der Waals surface area contributed by atoms with E-state index in [9.17, 15) is 18.7 Å². The highest BCUT2D eigenvalue weighted by Crippen LogP contribution is 2.29. The van der Waals surface area contributed by atoms with E-state index in [0.717, 1.165) is 12.1 Å². The summed E-state index contributed by atoms with van der Waals surface area (Å²) < 4.78 is 44.9. The molecule has 0 bridgehead atoms. The van der Waals surface area contributed by atoms with Gasteiger partial charge in [0.2, 0.25) is 5.95 Å². The lowest BCUT2D eigenvalue weighted by molar-refractivity contribution is -0.0229. The zero-order valence-electron chi connectivity index (χ0n) is 18.4. The molecule has 4 rings (SSSR count). The number of nitrogens with one attached hydrogen (secondary N) is 1. The second-order valence-corrected chi connectivity index (χ2v) is 8.14. The number of pyridine rings is 1. The number of nitrogens with two attached hydrogens (primary N) is 1. The second kappa shape index (κ2) is 8.79. The topological polar surface area (TPSA) is 106 Å². The van der Waals surface area contributed by atoms with Crippen LogP contribution < -0.4 is 11.1 Å². The average molecular weight is 469 g/mol. The molecule has 176 valence electrons. The Bertz CT molecular complexity index is 1370. The van der Waals surface area contributed by atoms with Crippen LogP contribution in [0.2, 0.25) is 0 Å². The summed E-state index contributed by atoms with van der Waals surface area (Å²) in [5.74, 6) is -2.07. The van der Waals surface area contributed by atoms with Gasteiger partial charge in [-0.1, -0.05) is 24.3 Å². The smallest absolute Gasteiger partial charge is 0.254 e. The van der Waals surface area contributed by atoms with E-state index in [1.807, 2.05) is 0 Å². The zero-order valence-corrected chi connectivity index (χ0v) is 18.4. The van der Waals surface area contributed by atoms with E-state index in [2.05, 4.69) is 15.4 Å². The maximum Gasteiger partial charge on any atom is 0.254 e. The van der Waals surface area contributed by atoms with Gasteiger partial charge in [0.25, 0.3) is 5.91 Å². The quantitative estimate of drug-likeness (QED) is 0.401. The molecule has 4 N–H and O–H groups in total. The number of hydrogen-bond donors (Lipinski definition) is 3. The summed E-state index contributed by atoms with van der Waals surface area (Å²) in [5, 5.41) is 16.9. The summed E-state index contributed by atoms with van der Waals surface area (Å²) in [6.45, 7) is 2.19. The number of hydrogen-bond acceptors (Lipinski definition) is 5. The van der Waals surface area contributed by atoms with Crippen molar-refractivity contribution < 1.29 is 23.1 Å². The molecule has 34 heavy (non-hydrogen) atoms. The molecule has 7 nitrogen and oxygen atoms in total. The molecule has 2 heterocycles. The number of aromatic nitrogens is 3. The summed E-state index contributed by atoms with van der Waals surface area (Å²) in [7, 11) is 0. The van der Waals surface area contributed by atoms with Gasteiger partial charge in [0.15, 0.2) is 5.65 Å². The molecule has 0 unspecified atom stereocenters. The number of aliphatic hydroxyl groups is 1. The fourth-order valence-electron chi connectivity index (χ4n) is 3.68. The van der Waals surface area contributed by atoms with E-state index in [1.165, 1.54) is 29.6 Å². The molecule has 1 amide bonds. The Hall–Kier alpha value is -3.92. The van der Waals surface area contributed by atoms with Crippen LogP contribution in [0.15, 0.2) is 54.7 Å². The van der Waals surface area contributed by atoms with Crippen molar-refractivity contribution in [2.45, 2.75) is 25.6 Å². The molecule has 0 fully saturated rings. The molecule has 2 aromatic heterocycles. The van der Waals surface area contributed by atoms with Gasteiger partial charge in [-0.05, 0) is 54.8 Å². The monoisotopic (exact) mass is 469 g/mol. The fourth-order valence-corrected chi connectivity index (χ4v) is 3.68. The van der Waals surface area contributed by atoms with Crippen LogP contribution in [0.1, 0.15) is 28.4 Å². The number of amides is 1. The first-order chi connectivity index (χ1) is 16.1. The number of benzene rings is 2. The highest BCUT2D eigenvalue weighted by Gasteiger charge is 2.34. The Morgan fingerprint density at radius 1 is 1.21 bits per heavy atom. The van der Waals surface area contributed by atoms with Crippen LogP contribution >= 0.6 is 0 Å². The highest BCUT2D eigenvalue weighted by atomic mass is 19.1. The molecular formula is C24H22F3N5O2. The maximum absolute atomic E-state index is 15.4. The van der Waals surface area contributed by atoms with Crippen molar-refractivity contribution >= 4 is 17.5 Å².